The number of benzene rings is 1. The fraction of sp³-hybridized carbons (Fsp3) is 0.611. The van der Waals surface area contributed by atoms with Gasteiger partial charge >= 0.3 is 0 Å². The van der Waals surface area contributed by atoms with Crippen LogP contribution in [0.15, 0.2) is 24.3 Å². The van der Waals surface area contributed by atoms with Crippen molar-refractivity contribution in [1.82, 2.24) is 4.90 Å². The van der Waals surface area contributed by atoms with E-state index >= 15 is 0 Å². The average Bonchev–Trinajstić information content (AvgIpc) is 2.56. The van der Waals surface area contributed by atoms with Gasteiger partial charge in [0.25, 0.3) is 0 Å². The van der Waals surface area contributed by atoms with Crippen molar-refractivity contribution in [3.63, 3.8) is 0 Å². The summed E-state index contributed by atoms with van der Waals surface area (Å²) >= 11 is 5.91. The molecule has 1 heterocycles. The molecule has 0 N–H and O–H groups in total. The van der Waals surface area contributed by atoms with Gasteiger partial charge in [-0.2, -0.15) is 0 Å². The van der Waals surface area contributed by atoms with E-state index in [2.05, 4.69) is 4.90 Å². The summed E-state index contributed by atoms with van der Waals surface area (Å²) in [6.45, 7) is 2.13. The predicted molar refractivity (Wildman–Crippen MR) is 87.0 cm³/mol. The maximum Gasteiger partial charge on any atom is 0.167 e. The second-order valence-corrected chi connectivity index (χ2v) is 6.93. The Kier molecular flexibility index (Phi) is 4.97. The molecule has 2 nitrogen and oxygen atoms in total. The Morgan fingerprint density at radius 3 is 2.43 bits per heavy atom. The second-order valence-electron chi connectivity index (χ2n) is 6.50. The molecule has 1 saturated heterocycles. The van der Waals surface area contributed by atoms with Gasteiger partial charge in [-0.25, -0.2) is 0 Å². The summed E-state index contributed by atoms with van der Waals surface area (Å²) in [5, 5.41) is 0.694. The summed E-state index contributed by atoms with van der Waals surface area (Å²) in [5.74, 6) is 0.467. The van der Waals surface area contributed by atoms with Crippen LogP contribution in [0.5, 0.6) is 0 Å². The number of hydrogen-bond acceptors (Lipinski definition) is 2. The van der Waals surface area contributed by atoms with Crippen LogP contribution in [0.25, 0.3) is 0 Å². The van der Waals surface area contributed by atoms with E-state index in [1.165, 1.54) is 38.6 Å². The molecule has 0 amide bonds. The normalized spacial score (nSPS) is 24.9. The van der Waals surface area contributed by atoms with Crippen molar-refractivity contribution < 1.29 is 4.79 Å². The highest BCUT2D eigenvalue weighted by molar-refractivity contribution is 6.30. The summed E-state index contributed by atoms with van der Waals surface area (Å²) in [4.78, 5) is 15.3. The van der Waals surface area contributed by atoms with E-state index in [0.717, 1.165) is 31.0 Å². The van der Waals surface area contributed by atoms with Crippen LogP contribution in [0.4, 0.5) is 0 Å². The van der Waals surface area contributed by atoms with Crippen LogP contribution in [-0.2, 0) is 0 Å². The van der Waals surface area contributed by atoms with Crippen LogP contribution >= 0.6 is 11.6 Å². The lowest BCUT2D eigenvalue weighted by Gasteiger charge is -2.39. The summed E-state index contributed by atoms with van der Waals surface area (Å²) in [6, 6.07) is 8.08. The van der Waals surface area contributed by atoms with E-state index in [1.54, 1.807) is 0 Å². The molecule has 1 saturated carbocycles. The lowest BCUT2D eigenvalue weighted by Crippen LogP contribution is -2.45. The molecule has 0 spiro atoms. The van der Waals surface area contributed by atoms with Crippen molar-refractivity contribution >= 4 is 17.4 Å². The fourth-order valence-electron chi connectivity index (χ4n) is 3.85. The predicted octanol–water partition coefficient (Wildman–Crippen LogP) is 4.57. The van der Waals surface area contributed by atoms with E-state index < -0.39 is 0 Å². The molecule has 0 unspecified atom stereocenters. The first-order valence-electron chi connectivity index (χ1n) is 8.28. The molecule has 21 heavy (non-hydrogen) atoms. The molecule has 2 aliphatic rings. The van der Waals surface area contributed by atoms with E-state index in [0.29, 0.717) is 10.8 Å². The van der Waals surface area contributed by atoms with Gasteiger partial charge in [-0.1, -0.05) is 30.9 Å². The Morgan fingerprint density at radius 1 is 1.00 bits per heavy atom. The number of hydrogen-bond donors (Lipinski definition) is 0. The third kappa shape index (κ3) is 3.67. The van der Waals surface area contributed by atoms with Crippen LogP contribution in [0.2, 0.25) is 5.02 Å². The molecule has 1 aromatic rings. The molecule has 114 valence electrons. The van der Waals surface area contributed by atoms with Crippen molar-refractivity contribution in [2.45, 2.75) is 51.0 Å². The molecular weight excluding hydrogens is 282 g/mol. The van der Waals surface area contributed by atoms with Crippen molar-refractivity contribution in [3.05, 3.63) is 34.9 Å². The zero-order chi connectivity index (χ0) is 14.7. The Hall–Kier alpha value is -0.860. The van der Waals surface area contributed by atoms with Crippen molar-refractivity contribution in [2.24, 2.45) is 5.92 Å². The number of carbonyl (C=O) groups excluding carboxylic acids is 1. The molecule has 2 fully saturated rings. The monoisotopic (exact) mass is 305 g/mol. The zero-order valence-corrected chi connectivity index (χ0v) is 13.3. The van der Waals surface area contributed by atoms with Crippen LogP contribution in [0, 0.1) is 5.92 Å². The topological polar surface area (TPSA) is 20.3 Å². The highest BCUT2D eigenvalue weighted by Crippen LogP contribution is 2.28. The number of ketones is 1. The van der Waals surface area contributed by atoms with Crippen molar-refractivity contribution in [3.8, 4) is 0 Å². The minimum Gasteiger partial charge on any atom is -0.300 e. The maximum atomic E-state index is 12.7. The van der Waals surface area contributed by atoms with Crippen LogP contribution in [0.1, 0.15) is 55.3 Å². The first-order chi connectivity index (χ1) is 10.2. The molecule has 1 atom stereocenters. The van der Waals surface area contributed by atoms with Gasteiger partial charge in [-0.15, -0.1) is 0 Å². The van der Waals surface area contributed by atoms with E-state index in [-0.39, 0.29) is 5.92 Å². The second kappa shape index (κ2) is 6.93. The fourth-order valence-corrected chi connectivity index (χ4v) is 3.97. The van der Waals surface area contributed by atoms with Gasteiger partial charge in [0.05, 0.1) is 0 Å². The molecule has 1 aliphatic carbocycles. The van der Waals surface area contributed by atoms with Gasteiger partial charge in [0.1, 0.15) is 0 Å². The lowest BCUT2D eigenvalue weighted by atomic mass is 9.87. The SMILES string of the molecule is O=C(c1ccc(Cl)cc1)[C@@H]1CCCN(C2CCCCC2)C1. The Balaban J connectivity index is 1.64. The molecule has 0 bridgehead atoms. The van der Waals surface area contributed by atoms with E-state index in [1.807, 2.05) is 24.3 Å². The number of halogens is 1. The molecule has 0 radical (unpaired) electrons. The lowest BCUT2D eigenvalue weighted by molar-refractivity contribution is 0.0698. The molecule has 1 aliphatic heterocycles. The molecule has 3 heteroatoms. The largest absolute Gasteiger partial charge is 0.300 e. The van der Waals surface area contributed by atoms with Gasteiger partial charge in [0.2, 0.25) is 0 Å². The maximum absolute atomic E-state index is 12.7. The third-order valence-corrected chi connectivity index (χ3v) is 5.30. The van der Waals surface area contributed by atoms with E-state index in [4.69, 9.17) is 11.6 Å². The summed E-state index contributed by atoms with van der Waals surface area (Å²) in [6.07, 6.45) is 8.93. The standard InChI is InChI=1S/C18H24ClNO/c19-16-10-8-14(9-11-16)18(21)15-5-4-12-20(13-15)17-6-2-1-3-7-17/h8-11,15,17H,1-7,12-13H2/t15-/m1/s1. The number of nitrogens with zero attached hydrogens (tertiary/aromatic N) is 1. The van der Waals surface area contributed by atoms with Gasteiger partial charge in [0.15, 0.2) is 5.78 Å². The number of rotatable bonds is 3. The van der Waals surface area contributed by atoms with Crippen molar-refractivity contribution in [1.29, 1.82) is 0 Å². The van der Waals surface area contributed by atoms with Crippen LogP contribution < -0.4 is 0 Å². The van der Waals surface area contributed by atoms with Crippen molar-refractivity contribution in [2.75, 3.05) is 13.1 Å². The molecule has 0 aromatic heterocycles. The van der Waals surface area contributed by atoms with Gasteiger partial charge in [0, 0.05) is 29.1 Å². The summed E-state index contributed by atoms with van der Waals surface area (Å²) in [7, 11) is 0. The Labute approximate surface area is 132 Å². The Bertz CT molecular complexity index is 478. The molecule has 1 aromatic carbocycles. The highest BCUT2D eigenvalue weighted by atomic mass is 35.5. The quantitative estimate of drug-likeness (QED) is 0.763. The first-order valence-corrected chi connectivity index (χ1v) is 8.65. The molecular formula is C18H24ClNO. The number of likely N-dealkylation sites (tertiary alicyclic amines) is 1. The smallest absolute Gasteiger partial charge is 0.167 e. The van der Waals surface area contributed by atoms with Gasteiger partial charge < -0.3 is 0 Å². The first kappa shape index (κ1) is 15.1. The minimum atomic E-state index is 0.168. The highest BCUT2D eigenvalue weighted by Gasteiger charge is 2.30. The zero-order valence-electron chi connectivity index (χ0n) is 12.6. The van der Waals surface area contributed by atoms with Crippen LogP contribution in [-0.4, -0.2) is 29.8 Å². The molecule has 3 rings (SSSR count). The summed E-state index contributed by atoms with van der Waals surface area (Å²) < 4.78 is 0. The Morgan fingerprint density at radius 2 is 1.71 bits per heavy atom. The number of Topliss-reactive ketones (excluding diaryl/α,β-unsaturated/α-hetero) is 1. The minimum absolute atomic E-state index is 0.168. The van der Waals surface area contributed by atoms with Gasteiger partial charge in [-0.3, -0.25) is 9.69 Å². The number of piperidine rings is 1. The third-order valence-electron chi connectivity index (χ3n) is 5.04. The average molecular weight is 306 g/mol. The number of carbonyl (C=O) groups is 1. The van der Waals surface area contributed by atoms with Gasteiger partial charge in [-0.05, 0) is 56.5 Å². The summed E-state index contributed by atoms with van der Waals surface area (Å²) in [5.41, 5.74) is 0.815. The van der Waals surface area contributed by atoms with Crippen LogP contribution in [0.3, 0.4) is 0 Å². The van der Waals surface area contributed by atoms with E-state index in [9.17, 15) is 4.79 Å².